The van der Waals surface area contributed by atoms with Gasteiger partial charge in [-0.05, 0) is 48.6 Å². The van der Waals surface area contributed by atoms with Crippen LogP contribution >= 0.6 is 0 Å². The second-order valence-electron chi connectivity index (χ2n) is 4.95. The molecule has 3 aromatic carbocycles. The number of aryl methyl sites for hydroxylation is 2. The highest BCUT2D eigenvalue weighted by Crippen LogP contribution is 2.27. The third-order valence-electron chi connectivity index (χ3n) is 3.58. The summed E-state index contributed by atoms with van der Waals surface area (Å²) in [5, 5.41) is 6.03. The highest BCUT2D eigenvalue weighted by atomic mass is 14.9. The zero-order valence-electron chi connectivity index (χ0n) is 11.3. The van der Waals surface area contributed by atoms with Crippen LogP contribution < -0.4 is 5.32 Å². The summed E-state index contributed by atoms with van der Waals surface area (Å²) in [4.78, 5) is 0. The van der Waals surface area contributed by atoms with Gasteiger partial charge in [0.15, 0.2) is 0 Å². The van der Waals surface area contributed by atoms with Crippen LogP contribution in [0.4, 0.5) is 11.4 Å². The van der Waals surface area contributed by atoms with Gasteiger partial charge in [0, 0.05) is 16.8 Å². The van der Waals surface area contributed by atoms with Gasteiger partial charge < -0.3 is 5.32 Å². The standard InChI is InChI=1S/C18H17N/c1-13-10-11-16(12-14(13)2)19-18-9-5-7-15-6-3-4-8-17(15)18/h3-12,19H,1-2H3. The number of fused-ring (bicyclic) bond motifs is 1. The number of hydrogen-bond donors (Lipinski definition) is 1. The zero-order valence-corrected chi connectivity index (χ0v) is 11.3. The lowest BCUT2D eigenvalue weighted by Gasteiger charge is -2.11. The van der Waals surface area contributed by atoms with E-state index in [4.69, 9.17) is 0 Å². The molecule has 0 saturated heterocycles. The van der Waals surface area contributed by atoms with Crippen molar-refractivity contribution in [3.63, 3.8) is 0 Å². The Morgan fingerprint density at radius 3 is 2.37 bits per heavy atom. The first-order valence-corrected chi connectivity index (χ1v) is 6.56. The van der Waals surface area contributed by atoms with Crippen molar-refractivity contribution in [3.05, 3.63) is 71.8 Å². The van der Waals surface area contributed by atoms with E-state index >= 15 is 0 Å². The van der Waals surface area contributed by atoms with Gasteiger partial charge in [-0.2, -0.15) is 0 Å². The van der Waals surface area contributed by atoms with Crippen molar-refractivity contribution in [2.45, 2.75) is 13.8 Å². The van der Waals surface area contributed by atoms with Crippen molar-refractivity contribution >= 4 is 22.1 Å². The van der Waals surface area contributed by atoms with E-state index in [1.807, 2.05) is 0 Å². The molecule has 0 aliphatic heterocycles. The number of anilines is 2. The smallest absolute Gasteiger partial charge is 0.0463 e. The molecule has 0 amide bonds. The Hall–Kier alpha value is -2.28. The molecule has 0 heterocycles. The second kappa shape index (κ2) is 4.77. The summed E-state index contributed by atoms with van der Waals surface area (Å²) in [6.07, 6.45) is 0. The summed E-state index contributed by atoms with van der Waals surface area (Å²) < 4.78 is 0. The molecule has 0 bridgehead atoms. The lowest BCUT2D eigenvalue weighted by Crippen LogP contribution is -1.92. The molecule has 3 aromatic rings. The number of benzene rings is 3. The first kappa shape index (κ1) is 11.8. The van der Waals surface area contributed by atoms with E-state index in [0.717, 1.165) is 11.4 Å². The van der Waals surface area contributed by atoms with Gasteiger partial charge in [0.05, 0.1) is 0 Å². The molecule has 1 heteroatoms. The average molecular weight is 247 g/mol. The van der Waals surface area contributed by atoms with Crippen LogP contribution in [0.5, 0.6) is 0 Å². The number of hydrogen-bond acceptors (Lipinski definition) is 1. The van der Waals surface area contributed by atoms with Crippen LogP contribution in [-0.2, 0) is 0 Å². The Balaban J connectivity index is 2.03. The molecule has 94 valence electrons. The lowest BCUT2D eigenvalue weighted by molar-refractivity contribution is 1.34. The highest BCUT2D eigenvalue weighted by Gasteiger charge is 2.01. The third kappa shape index (κ3) is 2.32. The number of rotatable bonds is 2. The van der Waals surface area contributed by atoms with Crippen LogP contribution in [0.1, 0.15) is 11.1 Å². The monoisotopic (exact) mass is 247 g/mol. The molecular weight excluding hydrogens is 230 g/mol. The minimum absolute atomic E-state index is 1.14. The van der Waals surface area contributed by atoms with Crippen molar-refractivity contribution < 1.29 is 0 Å². The SMILES string of the molecule is Cc1ccc(Nc2cccc3ccccc23)cc1C. The summed E-state index contributed by atoms with van der Waals surface area (Å²) in [5.41, 5.74) is 4.93. The maximum atomic E-state index is 3.51. The van der Waals surface area contributed by atoms with E-state index in [0.29, 0.717) is 0 Å². The van der Waals surface area contributed by atoms with Gasteiger partial charge in [-0.15, -0.1) is 0 Å². The Morgan fingerprint density at radius 2 is 1.53 bits per heavy atom. The van der Waals surface area contributed by atoms with Gasteiger partial charge in [0.1, 0.15) is 0 Å². The van der Waals surface area contributed by atoms with E-state index in [9.17, 15) is 0 Å². The van der Waals surface area contributed by atoms with E-state index in [1.165, 1.54) is 21.9 Å². The largest absolute Gasteiger partial charge is 0.355 e. The molecule has 1 nitrogen and oxygen atoms in total. The highest BCUT2D eigenvalue weighted by molar-refractivity contribution is 5.95. The van der Waals surface area contributed by atoms with Crippen LogP contribution in [0.15, 0.2) is 60.7 Å². The van der Waals surface area contributed by atoms with E-state index in [2.05, 4.69) is 79.8 Å². The van der Waals surface area contributed by atoms with Crippen molar-refractivity contribution in [1.29, 1.82) is 0 Å². The zero-order chi connectivity index (χ0) is 13.2. The Kier molecular flexibility index (Phi) is 2.96. The molecule has 0 aliphatic rings. The lowest BCUT2D eigenvalue weighted by atomic mass is 10.1. The van der Waals surface area contributed by atoms with Crippen LogP contribution in [0.3, 0.4) is 0 Å². The molecule has 0 aromatic heterocycles. The van der Waals surface area contributed by atoms with Crippen molar-refractivity contribution in [3.8, 4) is 0 Å². The van der Waals surface area contributed by atoms with Crippen LogP contribution in [-0.4, -0.2) is 0 Å². The van der Waals surface area contributed by atoms with Gasteiger partial charge in [-0.1, -0.05) is 42.5 Å². The summed E-state index contributed by atoms with van der Waals surface area (Å²) in [6.45, 7) is 4.28. The first-order chi connectivity index (χ1) is 9.24. The predicted octanol–water partition coefficient (Wildman–Crippen LogP) is 5.20. The van der Waals surface area contributed by atoms with Crippen LogP contribution in [0, 0.1) is 13.8 Å². The summed E-state index contributed by atoms with van der Waals surface area (Å²) in [6, 6.07) is 21.3. The number of nitrogens with one attached hydrogen (secondary N) is 1. The topological polar surface area (TPSA) is 12.0 Å². The molecule has 0 aliphatic carbocycles. The first-order valence-electron chi connectivity index (χ1n) is 6.56. The summed E-state index contributed by atoms with van der Waals surface area (Å²) in [7, 11) is 0. The summed E-state index contributed by atoms with van der Waals surface area (Å²) >= 11 is 0. The van der Waals surface area contributed by atoms with Crippen molar-refractivity contribution in [2.24, 2.45) is 0 Å². The molecule has 0 atom stereocenters. The summed E-state index contributed by atoms with van der Waals surface area (Å²) in [5.74, 6) is 0. The molecule has 0 saturated carbocycles. The Morgan fingerprint density at radius 1 is 0.737 bits per heavy atom. The Labute approximate surface area is 113 Å². The van der Waals surface area contributed by atoms with Crippen LogP contribution in [0.25, 0.3) is 10.8 Å². The van der Waals surface area contributed by atoms with E-state index in [-0.39, 0.29) is 0 Å². The maximum Gasteiger partial charge on any atom is 0.0463 e. The van der Waals surface area contributed by atoms with Gasteiger partial charge in [-0.3, -0.25) is 0 Å². The fourth-order valence-corrected chi connectivity index (χ4v) is 2.31. The van der Waals surface area contributed by atoms with Crippen molar-refractivity contribution in [2.75, 3.05) is 5.32 Å². The molecule has 19 heavy (non-hydrogen) atoms. The fourth-order valence-electron chi connectivity index (χ4n) is 2.31. The van der Waals surface area contributed by atoms with Gasteiger partial charge >= 0.3 is 0 Å². The molecule has 1 N–H and O–H groups in total. The van der Waals surface area contributed by atoms with E-state index in [1.54, 1.807) is 0 Å². The molecule has 0 spiro atoms. The Bertz CT molecular complexity index is 723. The van der Waals surface area contributed by atoms with Crippen molar-refractivity contribution in [1.82, 2.24) is 0 Å². The minimum Gasteiger partial charge on any atom is -0.355 e. The third-order valence-corrected chi connectivity index (χ3v) is 3.58. The quantitative estimate of drug-likeness (QED) is 0.656. The average Bonchev–Trinajstić information content (AvgIpc) is 2.43. The van der Waals surface area contributed by atoms with Gasteiger partial charge in [0.2, 0.25) is 0 Å². The molecule has 0 unspecified atom stereocenters. The fraction of sp³-hybridized carbons (Fsp3) is 0.111. The molecule has 3 rings (SSSR count). The van der Waals surface area contributed by atoms with E-state index < -0.39 is 0 Å². The predicted molar refractivity (Wildman–Crippen MR) is 83.1 cm³/mol. The molecule has 0 radical (unpaired) electrons. The van der Waals surface area contributed by atoms with Crippen LogP contribution in [0.2, 0.25) is 0 Å². The maximum absolute atomic E-state index is 3.51. The second-order valence-corrected chi connectivity index (χ2v) is 4.95. The minimum atomic E-state index is 1.14. The van der Waals surface area contributed by atoms with Gasteiger partial charge in [-0.25, -0.2) is 0 Å². The molecular formula is C18H17N. The van der Waals surface area contributed by atoms with Gasteiger partial charge in [0.25, 0.3) is 0 Å². The molecule has 0 fully saturated rings. The normalized spacial score (nSPS) is 10.6.